The Labute approximate surface area is 129 Å². The standard InChI is InChI=1S/C20H27N/c1-15(2)13-20(18-10-6-5-7-11-18)21-14-19-12-8-9-16(3)17(19)4/h5-12,15,20-21H,13-14H2,1-4H3. The molecule has 0 heterocycles. The zero-order valence-corrected chi connectivity index (χ0v) is 13.7. The van der Waals surface area contributed by atoms with Gasteiger partial charge >= 0.3 is 0 Å². The van der Waals surface area contributed by atoms with Crippen LogP contribution in [-0.2, 0) is 6.54 Å². The van der Waals surface area contributed by atoms with E-state index >= 15 is 0 Å². The van der Waals surface area contributed by atoms with Gasteiger partial charge in [-0.1, -0.05) is 62.4 Å². The molecule has 2 aromatic carbocycles. The summed E-state index contributed by atoms with van der Waals surface area (Å²) in [5, 5.41) is 3.75. The van der Waals surface area contributed by atoms with Gasteiger partial charge in [0.05, 0.1) is 0 Å². The minimum atomic E-state index is 0.422. The molecular weight excluding hydrogens is 254 g/mol. The fourth-order valence-corrected chi connectivity index (χ4v) is 2.73. The van der Waals surface area contributed by atoms with E-state index in [1.165, 1.54) is 22.3 Å². The summed E-state index contributed by atoms with van der Waals surface area (Å²) < 4.78 is 0. The molecule has 1 N–H and O–H groups in total. The Balaban J connectivity index is 2.11. The molecule has 0 aliphatic rings. The zero-order valence-electron chi connectivity index (χ0n) is 13.7. The summed E-state index contributed by atoms with van der Waals surface area (Å²) >= 11 is 0. The Kier molecular flexibility index (Phi) is 5.58. The van der Waals surface area contributed by atoms with E-state index in [-0.39, 0.29) is 0 Å². The van der Waals surface area contributed by atoms with Crippen LogP contribution in [0, 0.1) is 19.8 Å². The summed E-state index contributed by atoms with van der Waals surface area (Å²) in [7, 11) is 0. The van der Waals surface area contributed by atoms with Crippen LogP contribution in [0.3, 0.4) is 0 Å². The van der Waals surface area contributed by atoms with Crippen molar-refractivity contribution in [1.29, 1.82) is 0 Å². The van der Waals surface area contributed by atoms with Crippen molar-refractivity contribution in [3.05, 3.63) is 70.8 Å². The number of nitrogens with one attached hydrogen (secondary N) is 1. The summed E-state index contributed by atoms with van der Waals surface area (Å²) in [5.41, 5.74) is 5.56. The molecular formula is C20H27N. The molecule has 0 fully saturated rings. The molecule has 112 valence electrons. The Hall–Kier alpha value is -1.60. The van der Waals surface area contributed by atoms with Crippen LogP contribution in [0.5, 0.6) is 0 Å². The molecule has 0 aliphatic heterocycles. The molecule has 1 nitrogen and oxygen atoms in total. The molecule has 1 atom stereocenters. The SMILES string of the molecule is Cc1cccc(CNC(CC(C)C)c2ccccc2)c1C. The zero-order chi connectivity index (χ0) is 15.2. The molecule has 2 aromatic rings. The third-order valence-corrected chi connectivity index (χ3v) is 4.16. The first-order valence-electron chi connectivity index (χ1n) is 7.91. The van der Waals surface area contributed by atoms with Crippen molar-refractivity contribution in [2.24, 2.45) is 5.92 Å². The predicted molar refractivity (Wildman–Crippen MR) is 91.4 cm³/mol. The number of aryl methyl sites for hydroxylation is 1. The van der Waals surface area contributed by atoms with Crippen molar-refractivity contribution in [2.45, 2.75) is 46.7 Å². The molecule has 0 saturated carbocycles. The Morgan fingerprint density at radius 3 is 2.29 bits per heavy atom. The van der Waals surface area contributed by atoms with Crippen LogP contribution in [0.15, 0.2) is 48.5 Å². The molecule has 0 saturated heterocycles. The van der Waals surface area contributed by atoms with Gasteiger partial charge in [-0.3, -0.25) is 0 Å². The van der Waals surface area contributed by atoms with Gasteiger partial charge in [-0.25, -0.2) is 0 Å². The van der Waals surface area contributed by atoms with E-state index in [0.717, 1.165) is 13.0 Å². The first-order chi connectivity index (χ1) is 10.1. The van der Waals surface area contributed by atoms with E-state index < -0.39 is 0 Å². The van der Waals surface area contributed by atoms with E-state index in [4.69, 9.17) is 0 Å². The van der Waals surface area contributed by atoms with Crippen LogP contribution in [0.25, 0.3) is 0 Å². The van der Waals surface area contributed by atoms with Crippen molar-refractivity contribution in [2.75, 3.05) is 0 Å². The van der Waals surface area contributed by atoms with E-state index in [2.05, 4.69) is 81.5 Å². The van der Waals surface area contributed by atoms with Crippen molar-refractivity contribution in [1.82, 2.24) is 5.32 Å². The Morgan fingerprint density at radius 1 is 0.905 bits per heavy atom. The lowest BCUT2D eigenvalue weighted by molar-refractivity contribution is 0.428. The van der Waals surface area contributed by atoms with Gasteiger partial charge in [0.25, 0.3) is 0 Å². The summed E-state index contributed by atoms with van der Waals surface area (Å²) in [6.45, 7) is 9.90. The van der Waals surface area contributed by atoms with Crippen LogP contribution < -0.4 is 5.32 Å². The maximum atomic E-state index is 3.75. The van der Waals surface area contributed by atoms with Crippen molar-refractivity contribution < 1.29 is 0 Å². The molecule has 1 unspecified atom stereocenters. The van der Waals surface area contributed by atoms with Crippen molar-refractivity contribution in [3.8, 4) is 0 Å². The maximum Gasteiger partial charge on any atom is 0.0325 e. The monoisotopic (exact) mass is 281 g/mol. The highest BCUT2D eigenvalue weighted by molar-refractivity contribution is 5.33. The molecule has 2 rings (SSSR count). The normalized spacial score (nSPS) is 12.6. The number of hydrogen-bond donors (Lipinski definition) is 1. The Morgan fingerprint density at radius 2 is 1.62 bits per heavy atom. The third kappa shape index (κ3) is 4.44. The summed E-state index contributed by atoms with van der Waals surface area (Å²) in [4.78, 5) is 0. The molecule has 0 amide bonds. The summed E-state index contributed by atoms with van der Waals surface area (Å²) in [6.07, 6.45) is 1.16. The molecule has 0 spiro atoms. The van der Waals surface area contributed by atoms with Crippen LogP contribution in [0.2, 0.25) is 0 Å². The van der Waals surface area contributed by atoms with Gasteiger partial charge in [0.1, 0.15) is 0 Å². The molecule has 21 heavy (non-hydrogen) atoms. The highest BCUT2D eigenvalue weighted by atomic mass is 14.9. The van der Waals surface area contributed by atoms with Gasteiger partial charge in [0, 0.05) is 12.6 Å². The van der Waals surface area contributed by atoms with Gasteiger partial charge in [-0.05, 0) is 48.4 Å². The molecule has 0 radical (unpaired) electrons. The van der Waals surface area contributed by atoms with Gasteiger partial charge in [-0.15, -0.1) is 0 Å². The van der Waals surface area contributed by atoms with E-state index in [1.807, 2.05) is 0 Å². The minimum absolute atomic E-state index is 0.422. The lowest BCUT2D eigenvalue weighted by Crippen LogP contribution is -2.23. The molecule has 0 bridgehead atoms. The maximum absolute atomic E-state index is 3.75. The predicted octanol–water partition coefficient (Wildman–Crippen LogP) is 5.18. The summed E-state index contributed by atoms with van der Waals surface area (Å²) in [5.74, 6) is 0.682. The first-order valence-corrected chi connectivity index (χ1v) is 7.91. The lowest BCUT2D eigenvalue weighted by atomic mass is 9.96. The molecule has 0 aliphatic carbocycles. The van der Waals surface area contributed by atoms with Crippen LogP contribution in [-0.4, -0.2) is 0 Å². The summed E-state index contributed by atoms with van der Waals surface area (Å²) in [6, 6.07) is 17.8. The van der Waals surface area contributed by atoms with Crippen LogP contribution in [0.1, 0.15) is 48.6 Å². The van der Waals surface area contributed by atoms with E-state index in [1.54, 1.807) is 0 Å². The van der Waals surface area contributed by atoms with Crippen molar-refractivity contribution >= 4 is 0 Å². The van der Waals surface area contributed by atoms with Crippen molar-refractivity contribution in [3.63, 3.8) is 0 Å². The fourth-order valence-electron chi connectivity index (χ4n) is 2.73. The fraction of sp³-hybridized carbons (Fsp3) is 0.400. The number of benzene rings is 2. The van der Waals surface area contributed by atoms with E-state index in [0.29, 0.717) is 12.0 Å². The van der Waals surface area contributed by atoms with Crippen LogP contribution >= 0.6 is 0 Å². The first kappa shape index (κ1) is 15.8. The highest BCUT2D eigenvalue weighted by Gasteiger charge is 2.13. The second-order valence-corrected chi connectivity index (χ2v) is 6.33. The smallest absolute Gasteiger partial charge is 0.0325 e. The van der Waals surface area contributed by atoms with Gasteiger partial charge in [0.2, 0.25) is 0 Å². The second-order valence-electron chi connectivity index (χ2n) is 6.33. The number of hydrogen-bond acceptors (Lipinski definition) is 1. The lowest BCUT2D eigenvalue weighted by Gasteiger charge is -2.22. The van der Waals surface area contributed by atoms with Gasteiger partial charge in [0.15, 0.2) is 0 Å². The molecule has 1 heteroatoms. The highest BCUT2D eigenvalue weighted by Crippen LogP contribution is 2.22. The number of rotatable bonds is 6. The quantitative estimate of drug-likeness (QED) is 0.769. The van der Waals surface area contributed by atoms with E-state index in [9.17, 15) is 0 Å². The molecule has 0 aromatic heterocycles. The topological polar surface area (TPSA) is 12.0 Å². The van der Waals surface area contributed by atoms with Crippen LogP contribution in [0.4, 0.5) is 0 Å². The minimum Gasteiger partial charge on any atom is -0.306 e. The largest absolute Gasteiger partial charge is 0.306 e. The average Bonchev–Trinajstić information content (AvgIpc) is 2.48. The second kappa shape index (κ2) is 7.42. The van der Waals surface area contributed by atoms with Gasteiger partial charge in [-0.2, -0.15) is 0 Å². The average molecular weight is 281 g/mol. The third-order valence-electron chi connectivity index (χ3n) is 4.16. The van der Waals surface area contributed by atoms with Gasteiger partial charge < -0.3 is 5.32 Å². The Bertz CT molecular complexity index is 557.